The summed E-state index contributed by atoms with van der Waals surface area (Å²) in [5.74, 6) is 2.10. The van der Waals surface area contributed by atoms with Gasteiger partial charge in [-0.15, -0.1) is 0 Å². The molecule has 0 saturated heterocycles. The summed E-state index contributed by atoms with van der Waals surface area (Å²) >= 11 is 0. The van der Waals surface area contributed by atoms with Crippen LogP contribution in [0.2, 0.25) is 0 Å². The first-order valence-corrected chi connectivity index (χ1v) is 8.24. The second kappa shape index (κ2) is 7.22. The second-order valence-electron chi connectivity index (χ2n) is 6.82. The Morgan fingerprint density at radius 2 is 1.71 bits per heavy atom. The van der Waals surface area contributed by atoms with Crippen molar-refractivity contribution in [1.82, 2.24) is 0 Å². The zero-order chi connectivity index (χ0) is 15.4. The zero-order valence-corrected chi connectivity index (χ0v) is 13.5. The Hall–Kier alpha value is -1.15. The SMILES string of the molecule is CC(=O)C1CCC(C(C)Cc2ccc(C(C)O)cc2)CC1. The van der Waals surface area contributed by atoms with E-state index in [4.69, 9.17) is 0 Å². The first-order chi connectivity index (χ1) is 9.97. The van der Waals surface area contributed by atoms with Crippen molar-refractivity contribution in [3.63, 3.8) is 0 Å². The number of rotatable bonds is 5. The van der Waals surface area contributed by atoms with E-state index >= 15 is 0 Å². The molecular formula is C19H28O2. The summed E-state index contributed by atoms with van der Waals surface area (Å²) in [5.41, 5.74) is 2.33. The van der Waals surface area contributed by atoms with Gasteiger partial charge in [0.25, 0.3) is 0 Å². The van der Waals surface area contributed by atoms with Crippen LogP contribution in [0.5, 0.6) is 0 Å². The van der Waals surface area contributed by atoms with Gasteiger partial charge in [-0.3, -0.25) is 4.79 Å². The Labute approximate surface area is 128 Å². The van der Waals surface area contributed by atoms with Crippen molar-refractivity contribution in [2.75, 3.05) is 0 Å². The van der Waals surface area contributed by atoms with Crippen LogP contribution in [-0.2, 0) is 11.2 Å². The maximum absolute atomic E-state index is 11.4. The molecule has 0 radical (unpaired) electrons. The topological polar surface area (TPSA) is 37.3 Å². The summed E-state index contributed by atoms with van der Waals surface area (Å²) in [6, 6.07) is 8.33. The molecule has 1 fully saturated rings. The first kappa shape index (κ1) is 16.2. The average Bonchev–Trinajstić information content (AvgIpc) is 2.47. The molecule has 2 rings (SSSR count). The Bertz CT molecular complexity index is 453. The van der Waals surface area contributed by atoms with Crippen molar-refractivity contribution in [3.8, 4) is 0 Å². The molecular weight excluding hydrogens is 260 g/mol. The van der Waals surface area contributed by atoms with Gasteiger partial charge in [0.05, 0.1) is 6.10 Å². The van der Waals surface area contributed by atoms with Gasteiger partial charge in [0.1, 0.15) is 5.78 Å². The maximum Gasteiger partial charge on any atom is 0.132 e. The molecule has 0 aliphatic heterocycles. The van der Waals surface area contributed by atoms with E-state index in [1.807, 2.05) is 12.1 Å². The van der Waals surface area contributed by atoms with Gasteiger partial charge < -0.3 is 5.11 Å². The van der Waals surface area contributed by atoms with Crippen LogP contribution in [0.4, 0.5) is 0 Å². The Kier molecular flexibility index (Phi) is 5.58. The molecule has 2 atom stereocenters. The molecule has 1 aromatic rings. The molecule has 1 aliphatic rings. The van der Waals surface area contributed by atoms with Crippen molar-refractivity contribution < 1.29 is 9.90 Å². The largest absolute Gasteiger partial charge is 0.389 e. The van der Waals surface area contributed by atoms with Crippen molar-refractivity contribution in [1.29, 1.82) is 0 Å². The minimum Gasteiger partial charge on any atom is -0.389 e. The van der Waals surface area contributed by atoms with Crippen molar-refractivity contribution in [3.05, 3.63) is 35.4 Å². The Balaban J connectivity index is 1.87. The number of benzene rings is 1. The third-order valence-corrected chi connectivity index (χ3v) is 5.17. The molecule has 0 aromatic heterocycles. The third kappa shape index (κ3) is 4.41. The number of aliphatic hydroxyl groups excluding tert-OH is 1. The maximum atomic E-state index is 11.4. The van der Waals surface area contributed by atoms with Crippen LogP contribution in [0.15, 0.2) is 24.3 Å². The van der Waals surface area contributed by atoms with E-state index in [9.17, 15) is 9.90 Å². The molecule has 2 nitrogen and oxygen atoms in total. The summed E-state index contributed by atoms with van der Waals surface area (Å²) in [5, 5.41) is 9.54. The third-order valence-electron chi connectivity index (χ3n) is 5.17. The zero-order valence-electron chi connectivity index (χ0n) is 13.5. The molecule has 2 heteroatoms. The number of carbonyl (C=O) groups excluding carboxylic acids is 1. The molecule has 1 aliphatic carbocycles. The van der Waals surface area contributed by atoms with E-state index in [-0.39, 0.29) is 0 Å². The van der Waals surface area contributed by atoms with Gasteiger partial charge in [-0.25, -0.2) is 0 Å². The fourth-order valence-electron chi connectivity index (χ4n) is 3.57. The van der Waals surface area contributed by atoms with Gasteiger partial charge in [0, 0.05) is 5.92 Å². The molecule has 1 aromatic carbocycles. The Morgan fingerprint density at radius 3 is 2.19 bits per heavy atom. The normalized spacial score (nSPS) is 25.3. The van der Waals surface area contributed by atoms with Crippen molar-refractivity contribution in [2.45, 2.75) is 59.0 Å². The van der Waals surface area contributed by atoms with Crippen LogP contribution < -0.4 is 0 Å². The van der Waals surface area contributed by atoms with Gasteiger partial charge in [-0.2, -0.15) is 0 Å². The monoisotopic (exact) mass is 288 g/mol. The highest BCUT2D eigenvalue weighted by molar-refractivity contribution is 5.78. The second-order valence-corrected chi connectivity index (χ2v) is 6.82. The molecule has 0 spiro atoms. The highest BCUT2D eigenvalue weighted by Gasteiger charge is 2.27. The number of carbonyl (C=O) groups is 1. The molecule has 21 heavy (non-hydrogen) atoms. The van der Waals surface area contributed by atoms with E-state index in [2.05, 4.69) is 19.1 Å². The van der Waals surface area contributed by atoms with Gasteiger partial charge in [-0.05, 0) is 68.9 Å². The number of aliphatic hydroxyl groups is 1. The predicted octanol–water partition coefficient (Wildman–Crippen LogP) is 4.31. The van der Waals surface area contributed by atoms with Crippen LogP contribution in [0.3, 0.4) is 0 Å². The van der Waals surface area contributed by atoms with Gasteiger partial charge in [0.15, 0.2) is 0 Å². The van der Waals surface area contributed by atoms with E-state index < -0.39 is 6.10 Å². The lowest BCUT2D eigenvalue weighted by atomic mass is 9.74. The average molecular weight is 288 g/mol. The van der Waals surface area contributed by atoms with Gasteiger partial charge in [-0.1, -0.05) is 31.2 Å². The lowest BCUT2D eigenvalue weighted by Crippen LogP contribution is -2.24. The van der Waals surface area contributed by atoms with Gasteiger partial charge >= 0.3 is 0 Å². The van der Waals surface area contributed by atoms with Crippen LogP contribution >= 0.6 is 0 Å². The standard InChI is InChI=1S/C19H28O2/c1-13(17-8-10-19(11-9-17)15(3)21)12-16-4-6-18(7-5-16)14(2)20/h4-7,13-14,17,19-20H,8-12H2,1-3H3. The van der Waals surface area contributed by atoms with Crippen LogP contribution in [0.1, 0.15) is 63.7 Å². The smallest absolute Gasteiger partial charge is 0.132 e. The number of ketones is 1. The van der Waals surface area contributed by atoms with Crippen LogP contribution in [0.25, 0.3) is 0 Å². The van der Waals surface area contributed by atoms with Crippen LogP contribution in [0, 0.1) is 17.8 Å². The van der Waals surface area contributed by atoms with Crippen molar-refractivity contribution in [2.24, 2.45) is 17.8 Å². The molecule has 0 bridgehead atoms. The number of Topliss-reactive ketones (excluding diaryl/α,β-unsaturated/α-hetero) is 1. The molecule has 0 amide bonds. The van der Waals surface area contributed by atoms with Crippen molar-refractivity contribution >= 4 is 5.78 Å². The lowest BCUT2D eigenvalue weighted by molar-refractivity contribution is -0.122. The molecule has 2 unspecified atom stereocenters. The van der Waals surface area contributed by atoms with E-state index in [1.165, 1.54) is 18.4 Å². The fraction of sp³-hybridized carbons (Fsp3) is 0.632. The summed E-state index contributed by atoms with van der Waals surface area (Å²) < 4.78 is 0. The molecule has 1 N–H and O–H groups in total. The molecule has 0 heterocycles. The predicted molar refractivity (Wildman–Crippen MR) is 86.1 cm³/mol. The summed E-state index contributed by atoms with van der Waals surface area (Å²) in [4.78, 5) is 11.4. The molecule has 116 valence electrons. The van der Waals surface area contributed by atoms with E-state index in [0.29, 0.717) is 17.6 Å². The highest BCUT2D eigenvalue weighted by Crippen LogP contribution is 2.35. The number of hydrogen-bond donors (Lipinski definition) is 1. The minimum absolute atomic E-state index is 0.318. The summed E-state index contributed by atoms with van der Waals surface area (Å²) in [6.07, 6.45) is 5.24. The van der Waals surface area contributed by atoms with E-state index in [0.717, 1.165) is 30.7 Å². The summed E-state index contributed by atoms with van der Waals surface area (Å²) in [7, 11) is 0. The fourth-order valence-corrected chi connectivity index (χ4v) is 3.57. The lowest BCUT2D eigenvalue weighted by Gasteiger charge is -2.31. The molecule has 1 saturated carbocycles. The quantitative estimate of drug-likeness (QED) is 0.876. The minimum atomic E-state index is -0.390. The first-order valence-electron chi connectivity index (χ1n) is 8.24. The summed E-state index contributed by atoms with van der Waals surface area (Å²) in [6.45, 7) is 5.87. The van der Waals surface area contributed by atoms with Gasteiger partial charge in [0.2, 0.25) is 0 Å². The number of hydrogen-bond acceptors (Lipinski definition) is 2. The Morgan fingerprint density at radius 1 is 1.14 bits per heavy atom. The van der Waals surface area contributed by atoms with Crippen LogP contribution in [-0.4, -0.2) is 10.9 Å². The van der Waals surface area contributed by atoms with E-state index in [1.54, 1.807) is 13.8 Å². The highest BCUT2D eigenvalue weighted by atomic mass is 16.3.